The largest absolute Gasteiger partial charge is 0.381 e. The van der Waals surface area contributed by atoms with Gasteiger partial charge in [-0.1, -0.05) is 0 Å². The molecule has 19 heavy (non-hydrogen) atoms. The number of hydrogen-bond acceptors (Lipinski definition) is 4. The van der Waals surface area contributed by atoms with Crippen molar-refractivity contribution in [2.24, 2.45) is 11.7 Å². The second-order valence-corrected chi connectivity index (χ2v) is 6.30. The number of ether oxygens (including phenoxy) is 1. The van der Waals surface area contributed by atoms with Gasteiger partial charge in [-0.3, -0.25) is 0 Å². The summed E-state index contributed by atoms with van der Waals surface area (Å²) in [6.45, 7) is 6.93. The fraction of sp³-hybridized carbons (Fsp3) is 0.786. The lowest BCUT2D eigenvalue weighted by Crippen LogP contribution is -2.42. The van der Waals surface area contributed by atoms with Crippen molar-refractivity contribution >= 4 is 0 Å². The van der Waals surface area contributed by atoms with Gasteiger partial charge < -0.3 is 19.9 Å². The van der Waals surface area contributed by atoms with E-state index in [1.54, 1.807) is 0 Å². The van der Waals surface area contributed by atoms with E-state index >= 15 is 0 Å². The van der Waals surface area contributed by atoms with E-state index in [0.29, 0.717) is 5.92 Å². The van der Waals surface area contributed by atoms with Crippen LogP contribution in [0, 0.1) is 5.92 Å². The second kappa shape index (κ2) is 5.61. The Morgan fingerprint density at radius 3 is 2.89 bits per heavy atom. The molecule has 1 aliphatic rings. The first-order valence-corrected chi connectivity index (χ1v) is 6.92. The highest BCUT2D eigenvalue weighted by atomic mass is 16.5. The molecule has 1 fully saturated rings. The van der Waals surface area contributed by atoms with Crippen LogP contribution in [0.1, 0.15) is 32.0 Å². The number of hydrogen-bond donors (Lipinski definition) is 1. The monoisotopic (exact) mass is 266 g/mol. The Hall–Kier alpha value is -0.910. The molecule has 2 unspecified atom stereocenters. The second-order valence-electron chi connectivity index (χ2n) is 6.30. The average Bonchev–Trinajstić information content (AvgIpc) is 2.97. The van der Waals surface area contributed by atoms with Crippen molar-refractivity contribution in [1.82, 2.24) is 14.5 Å². The van der Waals surface area contributed by atoms with Crippen LogP contribution in [0.3, 0.4) is 0 Å². The molecule has 2 heterocycles. The fourth-order valence-corrected chi connectivity index (χ4v) is 2.38. The number of nitrogens with two attached hydrogens (primary N) is 1. The Labute approximate surface area is 115 Å². The minimum absolute atomic E-state index is 0.0166. The summed E-state index contributed by atoms with van der Waals surface area (Å²) >= 11 is 0. The lowest BCUT2D eigenvalue weighted by molar-refractivity contribution is 0.164. The van der Waals surface area contributed by atoms with Crippen LogP contribution in [0.25, 0.3) is 0 Å². The third kappa shape index (κ3) is 3.16. The van der Waals surface area contributed by atoms with E-state index in [0.717, 1.165) is 31.9 Å². The maximum absolute atomic E-state index is 6.39. The highest BCUT2D eigenvalue weighted by Gasteiger charge is 2.28. The van der Waals surface area contributed by atoms with E-state index in [-0.39, 0.29) is 11.6 Å². The summed E-state index contributed by atoms with van der Waals surface area (Å²) in [7, 11) is 4.20. The molecule has 0 saturated carbocycles. The summed E-state index contributed by atoms with van der Waals surface area (Å²) < 4.78 is 7.62. The van der Waals surface area contributed by atoms with Crippen molar-refractivity contribution in [1.29, 1.82) is 0 Å². The van der Waals surface area contributed by atoms with E-state index in [4.69, 9.17) is 10.5 Å². The molecule has 2 N–H and O–H groups in total. The molecule has 5 nitrogen and oxygen atoms in total. The third-order valence-electron chi connectivity index (χ3n) is 4.33. The van der Waals surface area contributed by atoms with Crippen molar-refractivity contribution in [2.45, 2.75) is 38.4 Å². The van der Waals surface area contributed by atoms with Crippen molar-refractivity contribution in [3.05, 3.63) is 18.2 Å². The number of nitrogens with zero attached hydrogens (tertiary/aromatic N) is 3. The van der Waals surface area contributed by atoms with Gasteiger partial charge in [-0.05, 0) is 34.4 Å². The molecule has 0 spiro atoms. The lowest BCUT2D eigenvalue weighted by Gasteiger charge is -2.34. The summed E-state index contributed by atoms with van der Waals surface area (Å²) in [5.74, 6) is 0.415. The Morgan fingerprint density at radius 2 is 2.32 bits per heavy atom. The quantitative estimate of drug-likeness (QED) is 0.871. The molecule has 2 atom stereocenters. The fourth-order valence-electron chi connectivity index (χ4n) is 2.38. The van der Waals surface area contributed by atoms with Gasteiger partial charge in [0.25, 0.3) is 0 Å². The highest BCUT2D eigenvalue weighted by Crippen LogP contribution is 2.27. The Kier molecular flexibility index (Phi) is 4.28. The van der Waals surface area contributed by atoms with Gasteiger partial charge >= 0.3 is 0 Å². The molecule has 1 aromatic rings. The zero-order valence-electron chi connectivity index (χ0n) is 12.5. The smallest absolute Gasteiger partial charge is 0.0949 e. The summed E-state index contributed by atoms with van der Waals surface area (Å²) in [5, 5.41) is 0. The number of aromatic nitrogens is 2. The van der Waals surface area contributed by atoms with E-state index in [1.165, 1.54) is 0 Å². The maximum Gasteiger partial charge on any atom is 0.0949 e. The van der Waals surface area contributed by atoms with Gasteiger partial charge in [-0.2, -0.15) is 0 Å². The van der Waals surface area contributed by atoms with Crippen molar-refractivity contribution in [2.75, 3.05) is 27.3 Å². The molecule has 1 aliphatic heterocycles. The highest BCUT2D eigenvalue weighted by molar-refractivity contribution is 5.08. The number of imidazole rings is 1. The van der Waals surface area contributed by atoms with Gasteiger partial charge in [0.15, 0.2) is 0 Å². The number of likely N-dealkylation sites (N-methyl/N-ethyl adjacent to an activating group) is 1. The average molecular weight is 266 g/mol. The Morgan fingerprint density at radius 1 is 1.58 bits per heavy atom. The lowest BCUT2D eigenvalue weighted by atomic mass is 9.96. The molecule has 0 aliphatic carbocycles. The van der Waals surface area contributed by atoms with Gasteiger partial charge in [-0.15, -0.1) is 0 Å². The zero-order valence-corrected chi connectivity index (χ0v) is 12.5. The minimum Gasteiger partial charge on any atom is -0.381 e. The predicted octanol–water partition coefficient (Wildman–Crippen LogP) is 1.26. The van der Waals surface area contributed by atoms with Crippen molar-refractivity contribution in [3.8, 4) is 0 Å². The molecule has 2 rings (SSSR count). The molecule has 108 valence electrons. The van der Waals surface area contributed by atoms with Crippen LogP contribution in [0.5, 0.6) is 0 Å². The van der Waals surface area contributed by atoms with Crippen LogP contribution >= 0.6 is 0 Å². The molecule has 0 aromatic carbocycles. The molecule has 1 saturated heterocycles. The first-order valence-electron chi connectivity index (χ1n) is 6.92. The Balaban J connectivity index is 2.13. The molecule has 0 amide bonds. The van der Waals surface area contributed by atoms with E-state index in [2.05, 4.69) is 42.4 Å². The van der Waals surface area contributed by atoms with Crippen molar-refractivity contribution < 1.29 is 4.74 Å². The van der Waals surface area contributed by atoms with Gasteiger partial charge in [0.1, 0.15) is 0 Å². The normalized spacial score (nSPS) is 22.1. The molecular weight excluding hydrogens is 240 g/mol. The first-order chi connectivity index (χ1) is 8.92. The van der Waals surface area contributed by atoms with Crippen LogP contribution in [-0.4, -0.2) is 47.3 Å². The minimum atomic E-state index is 0.0166. The van der Waals surface area contributed by atoms with Crippen LogP contribution in [-0.2, 0) is 11.3 Å². The molecule has 0 bridgehead atoms. The van der Waals surface area contributed by atoms with Crippen LogP contribution in [0.15, 0.2) is 12.5 Å². The van der Waals surface area contributed by atoms with Crippen LogP contribution in [0.2, 0.25) is 0 Å². The van der Waals surface area contributed by atoms with Gasteiger partial charge in [0.2, 0.25) is 0 Å². The summed E-state index contributed by atoms with van der Waals surface area (Å²) in [6, 6.07) is 0.0166. The molecular formula is C14H26N4O. The molecule has 0 radical (unpaired) electrons. The van der Waals surface area contributed by atoms with Crippen LogP contribution in [0.4, 0.5) is 0 Å². The van der Waals surface area contributed by atoms with Gasteiger partial charge in [0.05, 0.1) is 24.7 Å². The standard InChI is InChI=1S/C14H26N4O/c1-14(2,17(3)4)9-18-10-16-7-12(18)13(15)11-5-6-19-8-11/h7,10-11,13H,5-6,8-9,15H2,1-4H3. The Bertz CT molecular complexity index is 407. The van der Waals surface area contributed by atoms with Gasteiger partial charge in [-0.25, -0.2) is 4.98 Å². The van der Waals surface area contributed by atoms with Crippen LogP contribution < -0.4 is 5.73 Å². The molecule has 1 aromatic heterocycles. The zero-order chi connectivity index (χ0) is 14.0. The maximum atomic E-state index is 6.39. The number of rotatable bonds is 5. The van der Waals surface area contributed by atoms with Gasteiger partial charge in [0, 0.05) is 30.8 Å². The topological polar surface area (TPSA) is 56.3 Å². The summed E-state index contributed by atoms with van der Waals surface area (Å²) in [5.41, 5.74) is 7.57. The predicted molar refractivity (Wildman–Crippen MR) is 75.8 cm³/mol. The summed E-state index contributed by atoms with van der Waals surface area (Å²) in [6.07, 6.45) is 4.83. The first kappa shape index (κ1) is 14.5. The molecule has 5 heteroatoms. The summed E-state index contributed by atoms with van der Waals surface area (Å²) in [4.78, 5) is 6.50. The third-order valence-corrected chi connectivity index (χ3v) is 4.33. The van der Waals surface area contributed by atoms with E-state index < -0.39 is 0 Å². The van der Waals surface area contributed by atoms with E-state index in [9.17, 15) is 0 Å². The SMILES string of the molecule is CN(C)C(C)(C)Cn1cncc1C(N)C1CCOC1. The van der Waals surface area contributed by atoms with E-state index in [1.807, 2.05) is 12.5 Å². The van der Waals surface area contributed by atoms with Crippen molar-refractivity contribution in [3.63, 3.8) is 0 Å².